The number of benzene rings is 1. The molecule has 0 saturated carbocycles. The van der Waals surface area contributed by atoms with Gasteiger partial charge in [-0.1, -0.05) is 18.2 Å². The number of nitro groups is 1. The van der Waals surface area contributed by atoms with E-state index in [9.17, 15) is 10.1 Å². The second-order valence-corrected chi connectivity index (χ2v) is 4.21. The standard InChI is InChI=1S/C12H13N5O2/c13-10-8-12(14,17(18)19)7-6-11(10)16-15-9-4-2-1-3-5-9/h1-7,13,15H,8,14H2. The van der Waals surface area contributed by atoms with Gasteiger partial charge in [-0.15, -0.1) is 0 Å². The Kier molecular flexibility index (Phi) is 3.39. The van der Waals surface area contributed by atoms with Crippen molar-refractivity contribution in [3.63, 3.8) is 0 Å². The van der Waals surface area contributed by atoms with Gasteiger partial charge in [-0.05, 0) is 18.2 Å². The SMILES string of the molecule is N=C1CC(N)([N+](=O)[O-])C=CC1=NNc1ccccc1. The van der Waals surface area contributed by atoms with Gasteiger partial charge >= 0.3 is 0 Å². The molecule has 1 aromatic rings. The lowest BCUT2D eigenvalue weighted by Crippen LogP contribution is -2.50. The summed E-state index contributed by atoms with van der Waals surface area (Å²) in [5.74, 6) is 0. The number of hydrazone groups is 1. The molecule has 0 heterocycles. The van der Waals surface area contributed by atoms with Gasteiger partial charge in [0.25, 0.3) is 5.66 Å². The van der Waals surface area contributed by atoms with Gasteiger partial charge in [0.15, 0.2) is 0 Å². The Morgan fingerprint density at radius 2 is 2.11 bits per heavy atom. The number of allylic oxidation sites excluding steroid dienone is 1. The van der Waals surface area contributed by atoms with E-state index in [2.05, 4.69) is 10.5 Å². The first-order valence-corrected chi connectivity index (χ1v) is 5.60. The molecule has 1 aliphatic carbocycles. The van der Waals surface area contributed by atoms with E-state index in [4.69, 9.17) is 11.1 Å². The lowest BCUT2D eigenvalue weighted by molar-refractivity contribution is -0.552. The Morgan fingerprint density at radius 1 is 1.42 bits per heavy atom. The average Bonchev–Trinajstić information content (AvgIpc) is 2.39. The largest absolute Gasteiger partial charge is 0.303 e. The summed E-state index contributed by atoms with van der Waals surface area (Å²) >= 11 is 0. The number of hydrogen-bond acceptors (Lipinski definition) is 6. The predicted molar refractivity (Wildman–Crippen MR) is 72.9 cm³/mol. The molecule has 0 aliphatic heterocycles. The molecule has 0 fully saturated rings. The maximum atomic E-state index is 10.8. The van der Waals surface area contributed by atoms with Gasteiger partial charge in [0.1, 0.15) is 5.71 Å². The van der Waals surface area contributed by atoms with Crippen molar-refractivity contribution in [2.45, 2.75) is 12.1 Å². The van der Waals surface area contributed by atoms with E-state index < -0.39 is 10.6 Å². The fourth-order valence-corrected chi connectivity index (χ4v) is 1.62. The van der Waals surface area contributed by atoms with Crippen molar-refractivity contribution in [2.24, 2.45) is 10.8 Å². The summed E-state index contributed by atoms with van der Waals surface area (Å²) in [5, 5.41) is 22.6. The third kappa shape index (κ3) is 2.83. The van der Waals surface area contributed by atoms with Gasteiger partial charge in [0.2, 0.25) is 0 Å². The summed E-state index contributed by atoms with van der Waals surface area (Å²) in [7, 11) is 0. The van der Waals surface area contributed by atoms with Crippen molar-refractivity contribution in [3.05, 3.63) is 52.6 Å². The van der Waals surface area contributed by atoms with Crippen molar-refractivity contribution < 1.29 is 4.92 Å². The molecule has 7 nitrogen and oxygen atoms in total. The van der Waals surface area contributed by atoms with Crippen LogP contribution in [-0.4, -0.2) is 22.0 Å². The highest BCUT2D eigenvalue weighted by atomic mass is 16.6. The third-order valence-electron chi connectivity index (χ3n) is 2.72. The van der Waals surface area contributed by atoms with Gasteiger partial charge in [-0.25, -0.2) is 0 Å². The number of nitrogens with one attached hydrogen (secondary N) is 2. The molecule has 2 rings (SSSR count). The zero-order chi connectivity index (χ0) is 13.9. The molecule has 4 N–H and O–H groups in total. The molecular formula is C12H13N5O2. The zero-order valence-corrected chi connectivity index (χ0v) is 10.0. The van der Waals surface area contributed by atoms with E-state index in [1.807, 2.05) is 30.3 Å². The van der Waals surface area contributed by atoms with Crippen LogP contribution in [0.3, 0.4) is 0 Å². The lowest BCUT2D eigenvalue weighted by Gasteiger charge is -2.21. The number of nitrogens with two attached hydrogens (primary N) is 1. The van der Waals surface area contributed by atoms with Crippen LogP contribution >= 0.6 is 0 Å². The first-order valence-electron chi connectivity index (χ1n) is 5.60. The molecule has 0 spiro atoms. The molecular weight excluding hydrogens is 246 g/mol. The summed E-state index contributed by atoms with van der Waals surface area (Å²) in [5.41, 5.74) is 7.79. The average molecular weight is 259 g/mol. The molecule has 7 heteroatoms. The Balaban J connectivity index is 2.15. The van der Waals surface area contributed by atoms with Crippen LogP contribution in [0.2, 0.25) is 0 Å². The van der Waals surface area contributed by atoms with Crippen LogP contribution in [0.15, 0.2) is 47.6 Å². The minimum Gasteiger partial charge on any atom is -0.303 e. The van der Waals surface area contributed by atoms with Crippen LogP contribution in [0.5, 0.6) is 0 Å². The van der Waals surface area contributed by atoms with Gasteiger partial charge < -0.3 is 5.41 Å². The molecule has 1 aromatic carbocycles. The first-order chi connectivity index (χ1) is 9.01. The van der Waals surface area contributed by atoms with Crippen molar-refractivity contribution in [3.8, 4) is 0 Å². The number of anilines is 1. The van der Waals surface area contributed by atoms with E-state index in [1.54, 1.807) is 0 Å². The summed E-state index contributed by atoms with van der Waals surface area (Å²) < 4.78 is 0. The van der Waals surface area contributed by atoms with Crippen LogP contribution < -0.4 is 11.2 Å². The normalized spacial score (nSPS) is 24.5. The monoisotopic (exact) mass is 259 g/mol. The van der Waals surface area contributed by atoms with Crippen LogP contribution in [0.1, 0.15) is 6.42 Å². The Bertz CT molecular complexity index is 567. The van der Waals surface area contributed by atoms with Crippen molar-refractivity contribution >= 4 is 17.1 Å². The topological polar surface area (TPSA) is 117 Å². The maximum absolute atomic E-state index is 10.8. The van der Waals surface area contributed by atoms with Gasteiger partial charge in [-0.3, -0.25) is 21.3 Å². The fraction of sp³-hybridized carbons (Fsp3) is 0.167. The second-order valence-electron chi connectivity index (χ2n) is 4.21. The van der Waals surface area contributed by atoms with Crippen LogP contribution in [-0.2, 0) is 0 Å². The molecule has 1 atom stereocenters. The van der Waals surface area contributed by atoms with Gasteiger partial charge in [0.05, 0.1) is 17.8 Å². The highest BCUT2D eigenvalue weighted by molar-refractivity contribution is 6.46. The smallest absolute Gasteiger partial charge is 0.297 e. The van der Waals surface area contributed by atoms with Gasteiger partial charge in [0, 0.05) is 11.0 Å². The molecule has 98 valence electrons. The quantitative estimate of drug-likeness (QED) is 0.431. The van der Waals surface area contributed by atoms with Crippen LogP contribution in [0, 0.1) is 15.5 Å². The lowest BCUT2D eigenvalue weighted by atomic mass is 9.94. The molecule has 0 amide bonds. The van der Waals surface area contributed by atoms with E-state index in [0.29, 0.717) is 5.71 Å². The van der Waals surface area contributed by atoms with E-state index in [0.717, 1.165) is 5.69 Å². The fourth-order valence-electron chi connectivity index (χ4n) is 1.62. The number of nitrogens with zero attached hydrogens (tertiary/aromatic N) is 2. The number of hydrogen-bond donors (Lipinski definition) is 3. The van der Waals surface area contributed by atoms with Crippen molar-refractivity contribution in [2.75, 3.05) is 5.43 Å². The molecule has 1 aliphatic rings. The molecule has 19 heavy (non-hydrogen) atoms. The summed E-state index contributed by atoms with van der Waals surface area (Å²) in [4.78, 5) is 10.2. The minimum atomic E-state index is -1.71. The maximum Gasteiger partial charge on any atom is 0.297 e. The van der Waals surface area contributed by atoms with Crippen molar-refractivity contribution in [1.29, 1.82) is 5.41 Å². The second kappa shape index (κ2) is 4.99. The minimum absolute atomic E-state index is 0.0325. The summed E-state index contributed by atoms with van der Waals surface area (Å²) in [6.07, 6.45) is 2.48. The van der Waals surface area contributed by atoms with E-state index >= 15 is 0 Å². The Labute approximate surface area is 109 Å². The molecule has 0 aromatic heterocycles. The molecule has 0 saturated heterocycles. The molecule has 1 unspecified atom stereocenters. The highest BCUT2D eigenvalue weighted by Gasteiger charge is 2.40. The predicted octanol–water partition coefficient (Wildman–Crippen LogP) is 1.37. The number of para-hydroxylation sites is 1. The van der Waals surface area contributed by atoms with Gasteiger partial charge in [-0.2, -0.15) is 5.10 Å². The zero-order valence-electron chi connectivity index (χ0n) is 10.0. The van der Waals surface area contributed by atoms with Crippen molar-refractivity contribution in [1.82, 2.24) is 0 Å². The highest BCUT2D eigenvalue weighted by Crippen LogP contribution is 2.17. The Morgan fingerprint density at radius 3 is 2.68 bits per heavy atom. The number of rotatable bonds is 3. The Hall–Kier alpha value is -2.54. The first kappa shape index (κ1) is 12.9. The summed E-state index contributed by atoms with van der Waals surface area (Å²) in [6, 6.07) is 9.22. The van der Waals surface area contributed by atoms with E-state index in [1.165, 1.54) is 12.2 Å². The van der Waals surface area contributed by atoms with Crippen LogP contribution in [0.25, 0.3) is 0 Å². The van der Waals surface area contributed by atoms with E-state index in [-0.39, 0.29) is 12.1 Å². The molecule has 0 radical (unpaired) electrons. The third-order valence-corrected chi connectivity index (χ3v) is 2.72. The molecule has 0 bridgehead atoms. The summed E-state index contributed by atoms with van der Waals surface area (Å²) in [6.45, 7) is 0. The van der Waals surface area contributed by atoms with Crippen LogP contribution in [0.4, 0.5) is 5.69 Å².